The minimum atomic E-state index is -4.65. The molecule has 0 aliphatic rings. The highest BCUT2D eigenvalue weighted by atomic mass is 19.4. The summed E-state index contributed by atoms with van der Waals surface area (Å²) < 4.78 is 44.5. The molecule has 0 fully saturated rings. The fraction of sp³-hybridized carbons (Fsp3) is 0.188. The highest BCUT2D eigenvalue weighted by Gasteiger charge is 2.35. The van der Waals surface area contributed by atoms with Crippen LogP contribution in [0.5, 0.6) is 5.75 Å². The SMILES string of the molecule is CC(=O)c1cc(N)c(OCc2ccccc2)cc1C(F)(F)F. The van der Waals surface area contributed by atoms with Crippen molar-refractivity contribution in [3.05, 3.63) is 59.2 Å². The molecule has 0 aromatic heterocycles. The maximum Gasteiger partial charge on any atom is 0.417 e. The maximum atomic E-state index is 13.0. The second-order valence-electron chi connectivity index (χ2n) is 4.76. The number of rotatable bonds is 4. The highest BCUT2D eigenvalue weighted by molar-refractivity contribution is 5.97. The molecule has 0 aliphatic heterocycles. The first-order chi connectivity index (χ1) is 10.3. The minimum Gasteiger partial charge on any atom is -0.487 e. The van der Waals surface area contributed by atoms with Crippen LogP contribution in [0.2, 0.25) is 0 Å². The van der Waals surface area contributed by atoms with Crippen LogP contribution >= 0.6 is 0 Å². The Labute approximate surface area is 125 Å². The van der Waals surface area contributed by atoms with Crippen molar-refractivity contribution in [2.45, 2.75) is 19.7 Å². The van der Waals surface area contributed by atoms with E-state index >= 15 is 0 Å². The third-order valence-electron chi connectivity index (χ3n) is 3.07. The molecule has 0 atom stereocenters. The second kappa shape index (κ2) is 6.09. The van der Waals surface area contributed by atoms with E-state index < -0.39 is 23.1 Å². The van der Waals surface area contributed by atoms with Gasteiger partial charge in [0.2, 0.25) is 0 Å². The molecule has 0 heterocycles. The lowest BCUT2D eigenvalue weighted by molar-refractivity contribution is -0.138. The van der Waals surface area contributed by atoms with E-state index in [0.717, 1.165) is 24.6 Å². The third kappa shape index (κ3) is 3.58. The summed E-state index contributed by atoms with van der Waals surface area (Å²) in [5.74, 6) is -0.796. The summed E-state index contributed by atoms with van der Waals surface area (Å²) in [6.45, 7) is 1.15. The van der Waals surface area contributed by atoms with Crippen molar-refractivity contribution in [1.82, 2.24) is 0 Å². The number of alkyl halides is 3. The molecule has 2 aromatic carbocycles. The number of nitrogens with two attached hydrogens (primary N) is 1. The van der Waals surface area contributed by atoms with E-state index in [0.29, 0.717) is 0 Å². The Morgan fingerprint density at radius 3 is 2.36 bits per heavy atom. The normalized spacial score (nSPS) is 11.3. The number of Topliss-reactive ketones (excluding diaryl/α,β-unsaturated/α-hetero) is 1. The molecule has 2 aromatic rings. The Kier molecular flexibility index (Phi) is 4.40. The van der Waals surface area contributed by atoms with E-state index in [1.807, 2.05) is 6.07 Å². The largest absolute Gasteiger partial charge is 0.487 e. The summed E-state index contributed by atoms with van der Waals surface area (Å²) in [5, 5.41) is 0. The topological polar surface area (TPSA) is 52.3 Å². The lowest BCUT2D eigenvalue weighted by Crippen LogP contribution is -2.13. The molecule has 2 rings (SSSR count). The summed E-state index contributed by atoms with van der Waals surface area (Å²) in [7, 11) is 0. The highest BCUT2D eigenvalue weighted by Crippen LogP contribution is 2.37. The Balaban J connectivity index is 2.34. The van der Waals surface area contributed by atoms with Gasteiger partial charge in [-0.3, -0.25) is 4.79 Å². The summed E-state index contributed by atoms with van der Waals surface area (Å²) >= 11 is 0. The molecule has 22 heavy (non-hydrogen) atoms. The van der Waals surface area contributed by atoms with Crippen LogP contribution in [0, 0.1) is 0 Å². The molecule has 0 spiro atoms. The van der Waals surface area contributed by atoms with Crippen molar-refractivity contribution >= 4 is 11.5 Å². The standard InChI is InChI=1S/C16H14F3NO2/c1-10(21)12-7-14(20)15(8-13(12)16(17,18)19)22-9-11-5-3-2-4-6-11/h2-8H,9,20H2,1H3. The fourth-order valence-corrected chi connectivity index (χ4v) is 1.98. The molecule has 0 bridgehead atoms. The first kappa shape index (κ1) is 15.9. The van der Waals surface area contributed by atoms with Gasteiger partial charge in [-0.1, -0.05) is 30.3 Å². The predicted octanol–water partition coefficient (Wildman–Crippen LogP) is 4.07. The average Bonchev–Trinajstić information content (AvgIpc) is 2.45. The van der Waals surface area contributed by atoms with E-state index in [2.05, 4.69) is 0 Å². The van der Waals surface area contributed by atoms with Crippen LogP contribution in [0.25, 0.3) is 0 Å². The molecular weight excluding hydrogens is 295 g/mol. The number of anilines is 1. The number of nitrogen functional groups attached to an aromatic ring is 1. The van der Waals surface area contributed by atoms with E-state index in [1.54, 1.807) is 24.3 Å². The van der Waals surface area contributed by atoms with Crippen molar-refractivity contribution in [1.29, 1.82) is 0 Å². The molecule has 0 amide bonds. The van der Waals surface area contributed by atoms with E-state index in [9.17, 15) is 18.0 Å². The molecule has 0 unspecified atom stereocenters. The fourth-order valence-electron chi connectivity index (χ4n) is 1.98. The van der Waals surface area contributed by atoms with Gasteiger partial charge in [-0.05, 0) is 24.6 Å². The van der Waals surface area contributed by atoms with Gasteiger partial charge in [0.05, 0.1) is 11.3 Å². The number of hydrogen-bond acceptors (Lipinski definition) is 3. The van der Waals surface area contributed by atoms with E-state index in [4.69, 9.17) is 10.5 Å². The van der Waals surface area contributed by atoms with E-state index in [1.165, 1.54) is 0 Å². The number of carbonyl (C=O) groups is 1. The molecule has 0 aliphatic carbocycles. The summed E-state index contributed by atoms with van der Waals surface area (Å²) in [6, 6.07) is 10.8. The van der Waals surface area contributed by atoms with Gasteiger partial charge in [-0.2, -0.15) is 13.2 Å². The quantitative estimate of drug-likeness (QED) is 0.684. The number of carbonyl (C=O) groups excluding carboxylic acids is 1. The van der Waals surface area contributed by atoms with Crippen molar-refractivity contribution in [2.24, 2.45) is 0 Å². The molecule has 116 valence electrons. The lowest BCUT2D eigenvalue weighted by atomic mass is 10.0. The molecule has 0 saturated heterocycles. The Morgan fingerprint density at radius 1 is 1.18 bits per heavy atom. The van der Waals surface area contributed by atoms with Crippen LogP contribution in [0.1, 0.15) is 28.4 Å². The van der Waals surface area contributed by atoms with E-state index in [-0.39, 0.29) is 18.0 Å². The Hall–Kier alpha value is -2.50. The van der Waals surface area contributed by atoms with Crippen LogP contribution in [0.15, 0.2) is 42.5 Å². The van der Waals surface area contributed by atoms with Crippen molar-refractivity contribution in [2.75, 3.05) is 5.73 Å². The zero-order chi connectivity index (χ0) is 16.3. The first-order valence-corrected chi connectivity index (χ1v) is 6.47. The zero-order valence-electron chi connectivity index (χ0n) is 11.8. The van der Waals surface area contributed by atoms with Crippen LogP contribution < -0.4 is 10.5 Å². The van der Waals surface area contributed by atoms with Gasteiger partial charge in [0.1, 0.15) is 12.4 Å². The zero-order valence-corrected chi connectivity index (χ0v) is 11.8. The number of hydrogen-bond donors (Lipinski definition) is 1. The molecule has 2 N–H and O–H groups in total. The Bertz CT molecular complexity index is 682. The van der Waals surface area contributed by atoms with Crippen molar-refractivity contribution in [3.8, 4) is 5.75 Å². The van der Waals surface area contributed by atoms with Gasteiger partial charge in [-0.15, -0.1) is 0 Å². The minimum absolute atomic E-state index is 0.00543. The third-order valence-corrected chi connectivity index (χ3v) is 3.07. The first-order valence-electron chi connectivity index (χ1n) is 6.47. The molecular formula is C16H14F3NO2. The Morgan fingerprint density at radius 2 is 1.82 bits per heavy atom. The van der Waals surface area contributed by atoms with Crippen LogP contribution in [-0.4, -0.2) is 5.78 Å². The maximum absolute atomic E-state index is 13.0. The van der Waals surface area contributed by atoms with Crippen LogP contribution in [0.4, 0.5) is 18.9 Å². The number of ketones is 1. The number of ether oxygens (including phenoxy) is 1. The molecule has 0 radical (unpaired) electrons. The van der Waals surface area contributed by atoms with Gasteiger partial charge in [0.25, 0.3) is 0 Å². The van der Waals surface area contributed by atoms with Gasteiger partial charge in [0, 0.05) is 5.56 Å². The molecule has 3 nitrogen and oxygen atoms in total. The van der Waals surface area contributed by atoms with Crippen molar-refractivity contribution < 1.29 is 22.7 Å². The smallest absolute Gasteiger partial charge is 0.417 e. The monoisotopic (exact) mass is 309 g/mol. The lowest BCUT2D eigenvalue weighted by Gasteiger charge is -2.15. The average molecular weight is 309 g/mol. The van der Waals surface area contributed by atoms with Crippen molar-refractivity contribution in [3.63, 3.8) is 0 Å². The van der Waals surface area contributed by atoms with Gasteiger partial charge >= 0.3 is 6.18 Å². The molecule has 6 heteroatoms. The predicted molar refractivity (Wildman–Crippen MR) is 76.6 cm³/mol. The van der Waals surface area contributed by atoms with Crippen LogP contribution in [-0.2, 0) is 12.8 Å². The second-order valence-corrected chi connectivity index (χ2v) is 4.76. The van der Waals surface area contributed by atoms with Gasteiger partial charge in [0.15, 0.2) is 5.78 Å². The van der Waals surface area contributed by atoms with Crippen LogP contribution in [0.3, 0.4) is 0 Å². The van der Waals surface area contributed by atoms with Gasteiger partial charge < -0.3 is 10.5 Å². The number of benzene rings is 2. The summed E-state index contributed by atoms with van der Waals surface area (Å²) in [6.07, 6.45) is -4.65. The summed E-state index contributed by atoms with van der Waals surface area (Å²) in [4.78, 5) is 11.4. The molecule has 0 saturated carbocycles. The number of halogens is 3. The summed E-state index contributed by atoms with van der Waals surface area (Å²) in [5.41, 5.74) is 4.98. The van der Waals surface area contributed by atoms with Gasteiger partial charge in [-0.25, -0.2) is 0 Å².